The molecule has 146 valence electrons. The van der Waals surface area contributed by atoms with Gasteiger partial charge in [-0.05, 0) is 18.4 Å². The van der Waals surface area contributed by atoms with Gasteiger partial charge in [-0.2, -0.15) is 0 Å². The lowest BCUT2D eigenvalue weighted by Crippen LogP contribution is -2.37. The molecule has 0 radical (unpaired) electrons. The molecule has 0 aliphatic rings. The average molecular weight is 371 g/mol. The fraction of sp³-hybridized carbons (Fsp3) is 0.381. The molecule has 6 nitrogen and oxygen atoms in total. The quantitative estimate of drug-likeness (QED) is 0.403. The minimum atomic E-state index is 0.523. The Bertz CT molecular complexity index is 708. The zero-order valence-corrected chi connectivity index (χ0v) is 16.5. The Hall–Kier alpha value is -2.89. The number of guanidine groups is 1. The summed E-state index contributed by atoms with van der Waals surface area (Å²) in [6.45, 7) is 1.36. The summed E-state index contributed by atoms with van der Waals surface area (Å²) in [4.78, 5) is 4.28. The summed E-state index contributed by atoms with van der Waals surface area (Å²) < 4.78 is 16.3. The molecule has 2 rings (SSSR count). The first-order valence-corrected chi connectivity index (χ1v) is 8.99. The molecular weight excluding hydrogens is 342 g/mol. The Kier molecular flexibility index (Phi) is 8.29. The fourth-order valence-electron chi connectivity index (χ4n) is 2.79. The van der Waals surface area contributed by atoms with Gasteiger partial charge in [-0.1, -0.05) is 30.3 Å². The summed E-state index contributed by atoms with van der Waals surface area (Å²) in [6.07, 6.45) is 2.06. The van der Waals surface area contributed by atoms with Gasteiger partial charge in [-0.15, -0.1) is 0 Å². The molecule has 2 N–H and O–H groups in total. The molecule has 0 heterocycles. The van der Waals surface area contributed by atoms with Gasteiger partial charge in [0.2, 0.25) is 0 Å². The summed E-state index contributed by atoms with van der Waals surface area (Å²) in [5.41, 5.74) is 2.25. The van der Waals surface area contributed by atoms with Crippen LogP contribution in [-0.2, 0) is 13.0 Å². The predicted molar refractivity (Wildman–Crippen MR) is 109 cm³/mol. The van der Waals surface area contributed by atoms with Crippen molar-refractivity contribution in [1.29, 1.82) is 0 Å². The topological polar surface area (TPSA) is 64.1 Å². The van der Waals surface area contributed by atoms with Gasteiger partial charge < -0.3 is 24.8 Å². The number of hydrogen-bond donors (Lipinski definition) is 2. The van der Waals surface area contributed by atoms with Crippen molar-refractivity contribution in [3.8, 4) is 17.2 Å². The highest BCUT2D eigenvalue weighted by molar-refractivity contribution is 5.79. The van der Waals surface area contributed by atoms with Gasteiger partial charge in [0.05, 0.1) is 33.4 Å². The van der Waals surface area contributed by atoms with Gasteiger partial charge in [0.15, 0.2) is 5.96 Å². The zero-order chi connectivity index (χ0) is 19.5. The van der Waals surface area contributed by atoms with E-state index in [1.54, 1.807) is 28.4 Å². The van der Waals surface area contributed by atoms with E-state index in [1.165, 1.54) is 5.56 Å². The highest BCUT2D eigenvalue weighted by Gasteiger charge is 2.13. The van der Waals surface area contributed by atoms with Crippen molar-refractivity contribution in [2.75, 3.05) is 34.9 Å². The number of benzene rings is 2. The smallest absolute Gasteiger partial charge is 0.191 e. The van der Waals surface area contributed by atoms with Crippen LogP contribution in [-0.4, -0.2) is 40.9 Å². The van der Waals surface area contributed by atoms with Crippen LogP contribution in [0, 0.1) is 0 Å². The lowest BCUT2D eigenvalue weighted by atomic mass is 10.1. The van der Waals surface area contributed by atoms with E-state index in [-0.39, 0.29) is 0 Å². The number of ether oxygens (including phenoxy) is 3. The van der Waals surface area contributed by atoms with E-state index >= 15 is 0 Å². The van der Waals surface area contributed by atoms with Crippen LogP contribution in [0.4, 0.5) is 0 Å². The summed E-state index contributed by atoms with van der Waals surface area (Å²) in [6, 6.07) is 14.2. The second-order valence-corrected chi connectivity index (χ2v) is 5.95. The van der Waals surface area contributed by atoms with Crippen LogP contribution in [0.3, 0.4) is 0 Å². The molecule has 0 atom stereocenters. The number of hydrogen-bond acceptors (Lipinski definition) is 4. The third-order valence-electron chi connectivity index (χ3n) is 4.25. The van der Waals surface area contributed by atoms with Gasteiger partial charge >= 0.3 is 0 Å². The van der Waals surface area contributed by atoms with E-state index in [2.05, 4.69) is 39.9 Å². The summed E-state index contributed by atoms with van der Waals surface area (Å²) in [5.74, 6) is 2.84. The van der Waals surface area contributed by atoms with Crippen LogP contribution in [0.15, 0.2) is 47.5 Å². The normalized spacial score (nSPS) is 11.0. The molecule has 0 aliphatic heterocycles. The number of rotatable bonds is 9. The van der Waals surface area contributed by atoms with Crippen molar-refractivity contribution in [3.63, 3.8) is 0 Å². The first-order valence-electron chi connectivity index (χ1n) is 8.99. The van der Waals surface area contributed by atoms with Crippen LogP contribution >= 0.6 is 0 Å². The second kappa shape index (κ2) is 11.0. The SMILES string of the molecule is CN=C(NCCCc1ccccc1)NCc1c(OC)cc(OC)cc1OC. The predicted octanol–water partition coefficient (Wildman–Crippen LogP) is 3.01. The maximum atomic E-state index is 5.48. The Morgan fingerprint density at radius 1 is 0.926 bits per heavy atom. The Morgan fingerprint density at radius 3 is 2.15 bits per heavy atom. The van der Waals surface area contributed by atoms with Crippen molar-refractivity contribution in [2.24, 2.45) is 4.99 Å². The van der Waals surface area contributed by atoms with Crippen LogP contribution in [0.1, 0.15) is 17.5 Å². The van der Waals surface area contributed by atoms with E-state index in [1.807, 2.05) is 18.2 Å². The maximum absolute atomic E-state index is 5.48. The molecule has 0 aromatic heterocycles. The van der Waals surface area contributed by atoms with Crippen molar-refractivity contribution in [2.45, 2.75) is 19.4 Å². The maximum Gasteiger partial charge on any atom is 0.191 e. The van der Waals surface area contributed by atoms with Gasteiger partial charge in [0.1, 0.15) is 17.2 Å². The zero-order valence-electron chi connectivity index (χ0n) is 16.5. The van der Waals surface area contributed by atoms with E-state index in [0.29, 0.717) is 23.8 Å². The van der Waals surface area contributed by atoms with E-state index in [0.717, 1.165) is 30.9 Å². The van der Waals surface area contributed by atoms with Crippen molar-refractivity contribution in [3.05, 3.63) is 53.6 Å². The average Bonchev–Trinajstić information content (AvgIpc) is 2.73. The Morgan fingerprint density at radius 2 is 1.59 bits per heavy atom. The standard InChI is InChI=1S/C21H29N3O3/c1-22-21(23-12-8-11-16-9-6-5-7-10-16)24-15-18-19(26-3)13-17(25-2)14-20(18)27-4/h5-7,9-10,13-14H,8,11-12,15H2,1-4H3,(H2,22,23,24). The molecule has 6 heteroatoms. The van der Waals surface area contributed by atoms with Gasteiger partial charge in [0, 0.05) is 25.7 Å². The molecule has 0 spiro atoms. The molecule has 0 saturated heterocycles. The Balaban J connectivity index is 1.90. The van der Waals surface area contributed by atoms with Crippen LogP contribution in [0.2, 0.25) is 0 Å². The monoisotopic (exact) mass is 371 g/mol. The fourth-order valence-corrected chi connectivity index (χ4v) is 2.79. The first kappa shape index (κ1) is 20.4. The van der Waals surface area contributed by atoms with Gasteiger partial charge in [0.25, 0.3) is 0 Å². The number of aliphatic imine (C=N–C) groups is 1. The van der Waals surface area contributed by atoms with Crippen molar-refractivity contribution in [1.82, 2.24) is 10.6 Å². The molecule has 0 bridgehead atoms. The largest absolute Gasteiger partial charge is 0.496 e. The Labute approximate surface area is 161 Å². The highest BCUT2D eigenvalue weighted by Crippen LogP contribution is 2.33. The van der Waals surface area contributed by atoms with E-state index in [9.17, 15) is 0 Å². The molecule has 0 unspecified atom stereocenters. The van der Waals surface area contributed by atoms with Crippen molar-refractivity contribution < 1.29 is 14.2 Å². The number of aryl methyl sites for hydroxylation is 1. The third-order valence-corrected chi connectivity index (χ3v) is 4.25. The van der Waals surface area contributed by atoms with Crippen LogP contribution < -0.4 is 24.8 Å². The van der Waals surface area contributed by atoms with Gasteiger partial charge in [-0.25, -0.2) is 0 Å². The molecule has 2 aromatic carbocycles. The minimum absolute atomic E-state index is 0.523. The third kappa shape index (κ3) is 6.09. The number of nitrogens with one attached hydrogen (secondary N) is 2. The molecule has 27 heavy (non-hydrogen) atoms. The molecule has 0 fully saturated rings. The molecule has 0 amide bonds. The van der Waals surface area contributed by atoms with Crippen molar-refractivity contribution >= 4 is 5.96 Å². The molecule has 0 aliphatic carbocycles. The summed E-state index contributed by atoms with van der Waals surface area (Å²) in [7, 11) is 6.64. The highest BCUT2D eigenvalue weighted by atomic mass is 16.5. The summed E-state index contributed by atoms with van der Waals surface area (Å²) in [5, 5.41) is 6.65. The number of nitrogens with zero attached hydrogens (tertiary/aromatic N) is 1. The van der Waals surface area contributed by atoms with Crippen LogP contribution in [0.5, 0.6) is 17.2 Å². The lowest BCUT2D eigenvalue weighted by molar-refractivity contribution is 0.368. The lowest BCUT2D eigenvalue weighted by Gasteiger charge is -2.17. The minimum Gasteiger partial charge on any atom is -0.496 e. The first-order chi connectivity index (χ1) is 13.2. The molecule has 2 aromatic rings. The second-order valence-electron chi connectivity index (χ2n) is 5.95. The molecule has 0 saturated carbocycles. The number of methoxy groups -OCH3 is 3. The van der Waals surface area contributed by atoms with Crippen LogP contribution in [0.25, 0.3) is 0 Å². The van der Waals surface area contributed by atoms with E-state index < -0.39 is 0 Å². The molecular formula is C21H29N3O3. The van der Waals surface area contributed by atoms with E-state index in [4.69, 9.17) is 14.2 Å². The van der Waals surface area contributed by atoms with Gasteiger partial charge in [-0.3, -0.25) is 4.99 Å². The summed E-state index contributed by atoms with van der Waals surface area (Å²) >= 11 is 0.